The highest BCUT2D eigenvalue weighted by molar-refractivity contribution is 6.28. The predicted molar refractivity (Wildman–Crippen MR) is 99.9 cm³/mol. The number of carbonyl (C=O) groups is 2. The summed E-state index contributed by atoms with van der Waals surface area (Å²) in [5, 5.41) is 15.6. The molecule has 2 atom stereocenters. The van der Waals surface area contributed by atoms with E-state index < -0.39 is 29.9 Å². The molecule has 1 rings (SSSR count). The summed E-state index contributed by atoms with van der Waals surface area (Å²) in [6.07, 6.45) is 1.15. The van der Waals surface area contributed by atoms with Gasteiger partial charge in [0.2, 0.25) is 5.95 Å². The third kappa shape index (κ3) is 9.65. The van der Waals surface area contributed by atoms with E-state index in [1.807, 2.05) is 0 Å². The van der Waals surface area contributed by atoms with Crippen molar-refractivity contribution in [1.29, 1.82) is 0 Å². The van der Waals surface area contributed by atoms with Gasteiger partial charge in [0.25, 0.3) is 0 Å². The Morgan fingerprint density at radius 3 is 2.67 bits per heavy atom. The maximum Gasteiger partial charge on any atom is 0.407 e. The summed E-state index contributed by atoms with van der Waals surface area (Å²) in [4.78, 5) is 27.0. The Morgan fingerprint density at radius 2 is 2.07 bits per heavy atom. The summed E-state index contributed by atoms with van der Waals surface area (Å²) in [7, 11) is 0. The number of alkyl carbamates (subject to hydrolysis) is 1. The molecule has 0 aromatic carbocycles. The Hall–Kier alpha value is -1.77. The number of aliphatic hydroxyl groups excluding tert-OH is 1. The molecule has 0 spiro atoms. The summed E-state index contributed by atoms with van der Waals surface area (Å²) < 4.78 is 18.3. The lowest BCUT2D eigenvalue weighted by molar-refractivity contribution is -0.119. The topological polar surface area (TPSA) is 101 Å². The first kappa shape index (κ1) is 23.3. The molecule has 0 fully saturated rings. The lowest BCUT2D eigenvalue weighted by Crippen LogP contribution is -2.40. The molecule has 0 saturated carbocycles. The zero-order valence-corrected chi connectivity index (χ0v) is 16.6. The van der Waals surface area contributed by atoms with Crippen molar-refractivity contribution < 1.29 is 23.8 Å². The monoisotopic (exact) mass is 403 g/mol. The molecule has 1 amide bonds. The summed E-state index contributed by atoms with van der Waals surface area (Å²) in [5.41, 5.74) is -0.296. The Morgan fingerprint density at radius 1 is 1.37 bits per heavy atom. The van der Waals surface area contributed by atoms with Crippen molar-refractivity contribution in [3.63, 3.8) is 0 Å². The van der Waals surface area contributed by atoms with E-state index in [4.69, 9.17) is 16.3 Å². The van der Waals surface area contributed by atoms with Crippen molar-refractivity contribution >= 4 is 23.5 Å². The molecule has 1 aromatic heterocycles. The van der Waals surface area contributed by atoms with Gasteiger partial charge in [0.05, 0.1) is 11.9 Å². The number of alkyl halides is 1. The molecule has 3 N–H and O–H groups in total. The molecular weight excluding hydrogens is 377 g/mol. The van der Waals surface area contributed by atoms with Crippen LogP contribution < -0.4 is 10.6 Å². The van der Waals surface area contributed by atoms with E-state index in [9.17, 15) is 19.1 Å². The second-order valence-corrected chi connectivity index (χ2v) is 7.33. The van der Waals surface area contributed by atoms with Gasteiger partial charge in [0, 0.05) is 24.4 Å². The van der Waals surface area contributed by atoms with Crippen LogP contribution in [0.5, 0.6) is 0 Å². The van der Waals surface area contributed by atoms with E-state index >= 15 is 0 Å². The Kier molecular flexibility index (Phi) is 9.62. The van der Waals surface area contributed by atoms with E-state index in [1.54, 1.807) is 20.8 Å². The molecule has 152 valence electrons. The van der Waals surface area contributed by atoms with Crippen LogP contribution in [0.3, 0.4) is 0 Å². The van der Waals surface area contributed by atoms with Crippen LogP contribution in [0.15, 0.2) is 18.3 Å². The molecule has 0 bridgehead atoms. The molecule has 27 heavy (non-hydrogen) atoms. The van der Waals surface area contributed by atoms with Crippen LogP contribution >= 0.6 is 11.6 Å². The highest BCUT2D eigenvalue weighted by Crippen LogP contribution is 2.13. The minimum atomic E-state index is -1.22. The standard InChI is InChI=1S/C18H27ClFN3O4/c1-18(2,3)27-17(26)22-8-5-4-6-13(14(24)11-19)23-16(25)12-7-9-21-15(20)10-12/h7,9-10,13,16,23,25H,4-6,8,11H2,1-3H3,(H,22,26)/t13-,16?/m0/s1. The Balaban J connectivity index is 2.44. The van der Waals surface area contributed by atoms with Crippen molar-refractivity contribution in [3.05, 3.63) is 29.8 Å². The van der Waals surface area contributed by atoms with Crippen LogP contribution in [0.2, 0.25) is 0 Å². The van der Waals surface area contributed by atoms with Gasteiger partial charge in [-0.1, -0.05) is 0 Å². The number of Topliss-reactive ketones (excluding diaryl/α,β-unsaturated/α-hetero) is 1. The van der Waals surface area contributed by atoms with Gasteiger partial charge in [-0.2, -0.15) is 4.39 Å². The van der Waals surface area contributed by atoms with Crippen molar-refractivity contribution in [3.8, 4) is 0 Å². The van der Waals surface area contributed by atoms with Gasteiger partial charge in [0.1, 0.15) is 11.8 Å². The fraction of sp³-hybridized carbons (Fsp3) is 0.611. The zero-order valence-electron chi connectivity index (χ0n) is 15.8. The van der Waals surface area contributed by atoms with Crippen LogP contribution in [0.1, 0.15) is 51.8 Å². The minimum Gasteiger partial charge on any atom is -0.444 e. The van der Waals surface area contributed by atoms with Gasteiger partial charge in [-0.3, -0.25) is 10.1 Å². The lowest BCUT2D eigenvalue weighted by Gasteiger charge is -2.21. The van der Waals surface area contributed by atoms with Crippen molar-refractivity contribution in [2.24, 2.45) is 0 Å². The van der Waals surface area contributed by atoms with Crippen LogP contribution in [-0.4, -0.2) is 46.0 Å². The number of nitrogens with zero attached hydrogens (tertiary/aromatic N) is 1. The number of ketones is 1. The number of aliphatic hydroxyl groups is 1. The van der Waals surface area contributed by atoms with E-state index in [2.05, 4.69) is 15.6 Å². The number of ether oxygens (including phenoxy) is 1. The number of amides is 1. The second-order valence-electron chi connectivity index (χ2n) is 7.06. The zero-order chi connectivity index (χ0) is 20.4. The van der Waals surface area contributed by atoms with Crippen LogP contribution in [0, 0.1) is 5.95 Å². The highest BCUT2D eigenvalue weighted by Gasteiger charge is 2.21. The number of pyridine rings is 1. The Labute approximate surface area is 163 Å². The van der Waals surface area contributed by atoms with Crippen LogP contribution in [0.4, 0.5) is 9.18 Å². The summed E-state index contributed by atoms with van der Waals surface area (Å²) in [6, 6.07) is 1.86. The van der Waals surface area contributed by atoms with E-state index in [0.29, 0.717) is 25.8 Å². The Bertz CT molecular complexity index is 625. The molecule has 0 radical (unpaired) electrons. The van der Waals surface area contributed by atoms with Crippen LogP contribution in [0.25, 0.3) is 0 Å². The maximum atomic E-state index is 13.2. The fourth-order valence-electron chi connectivity index (χ4n) is 2.28. The van der Waals surface area contributed by atoms with Crippen molar-refractivity contribution in [1.82, 2.24) is 15.6 Å². The number of aromatic nitrogens is 1. The fourth-order valence-corrected chi connectivity index (χ4v) is 2.47. The molecule has 0 saturated heterocycles. The van der Waals surface area contributed by atoms with E-state index in [0.717, 1.165) is 6.07 Å². The van der Waals surface area contributed by atoms with Gasteiger partial charge < -0.3 is 15.2 Å². The summed E-state index contributed by atoms with van der Waals surface area (Å²) >= 11 is 5.63. The SMILES string of the molecule is CC(C)(C)OC(=O)NCCCC[C@H](NC(O)c1ccnc(F)c1)C(=O)CCl. The average Bonchev–Trinajstić information content (AvgIpc) is 2.58. The highest BCUT2D eigenvalue weighted by atomic mass is 35.5. The third-order valence-corrected chi connectivity index (χ3v) is 3.80. The maximum absolute atomic E-state index is 13.2. The number of nitrogens with one attached hydrogen (secondary N) is 2. The first-order chi connectivity index (χ1) is 12.6. The van der Waals surface area contributed by atoms with Gasteiger partial charge in [0.15, 0.2) is 5.78 Å². The molecule has 1 unspecified atom stereocenters. The third-order valence-electron chi connectivity index (χ3n) is 3.53. The normalized spacial score (nSPS) is 13.7. The number of halogens is 2. The lowest BCUT2D eigenvalue weighted by atomic mass is 10.0. The quantitative estimate of drug-likeness (QED) is 0.240. The molecule has 1 aromatic rings. The molecule has 7 nitrogen and oxygen atoms in total. The van der Waals surface area contributed by atoms with Gasteiger partial charge in [-0.25, -0.2) is 9.78 Å². The number of carbonyl (C=O) groups excluding carboxylic acids is 2. The van der Waals surface area contributed by atoms with Crippen molar-refractivity contribution in [2.45, 2.75) is 57.9 Å². The molecule has 0 aliphatic rings. The summed E-state index contributed by atoms with van der Waals surface area (Å²) in [6.45, 7) is 5.73. The molecule has 0 aliphatic carbocycles. The number of hydrogen-bond acceptors (Lipinski definition) is 6. The molecule has 1 heterocycles. The molecular formula is C18H27ClFN3O4. The van der Waals surface area contributed by atoms with E-state index in [-0.39, 0.29) is 17.2 Å². The minimum absolute atomic E-state index is 0.203. The molecule has 9 heteroatoms. The number of hydrogen-bond donors (Lipinski definition) is 3. The van der Waals surface area contributed by atoms with Gasteiger partial charge >= 0.3 is 6.09 Å². The first-order valence-corrected chi connectivity index (χ1v) is 9.27. The number of unbranched alkanes of at least 4 members (excludes halogenated alkanes) is 1. The van der Waals surface area contributed by atoms with Crippen LogP contribution in [-0.2, 0) is 9.53 Å². The number of rotatable bonds is 10. The first-order valence-electron chi connectivity index (χ1n) is 8.73. The van der Waals surface area contributed by atoms with Gasteiger partial charge in [-0.15, -0.1) is 11.6 Å². The largest absolute Gasteiger partial charge is 0.444 e. The molecule has 0 aliphatic heterocycles. The smallest absolute Gasteiger partial charge is 0.407 e. The second kappa shape index (κ2) is 11.2. The van der Waals surface area contributed by atoms with E-state index in [1.165, 1.54) is 12.3 Å². The predicted octanol–water partition coefficient (Wildman–Crippen LogP) is 2.67. The average molecular weight is 404 g/mol. The summed E-state index contributed by atoms with van der Waals surface area (Å²) in [5.74, 6) is -1.20. The van der Waals surface area contributed by atoms with Gasteiger partial charge in [-0.05, 0) is 46.1 Å². The van der Waals surface area contributed by atoms with Crippen molar-refractivity contribution in [2.75, 3.05) is 12.4 Å².